The molecule has 0 aromatic carbocycles. The Morgan fingerprint density at radius 2 is 2.00 bits per heavy atom. The lowest BCUT2D eigenvalue weighted by Crippen LogP contribution is -2.33. The predicted molar refractivity (Wildman–Crippen MR) is 82.0 cm³/mol. The summed E-state index contributed by atoms with van der Waals surface area (Å²) in [5.74, 6) is 0.411. The van der Waals surface area contributed by atoms with Gasteiger partial charge in [-0.15, -0.1) is 11.3 Å². The molecule has 20 heavy (non-hydrogen) atoms. The van der Waals surface area contributed by atoms with E-state index in [9.17, 15) is 8.42 Å². The van der Waals surface area contributed by atoms with E-state index in [0.29, 0.717) is 23.9 Å². The minimum atomic E-state index is -3.54. The molecule has 0 aliphatic carbocycles. The summed E-state index contributed by atoms with van der Waals surface area (Å²) in [6.07, 6.45) is 3.33. The highest BCUT2D eigenvalue weighted by Crippen LogP contribution is 2.28. The van der Waals surface area contributed by atoms with Crippen molar-refractivity contribution in [3.63, 3.8) is 0 Å². The fraction of sp³-hybridized carbons (Fsp3) is 0.583. The SMILES string of the molecule is CCCN(CCC)S(=O)(=O)c1c(NC)nc2sccn12. The summed E-state index contributed by atoms with van der Waals surface area (Å²) in [6.45, 7) is 5.01. The Kier molecular flexibility index (Phi) is 4.66. The molecule has 6 nitrogen and oxygen atoms in total. The van der Waals surface area contributed by atoms with Crippen LogP contribution in [0.2, 0.25) is 0 Å². The summed E-state index contributed by atoms with van der Waals surface area (Å²) < 4.78 is 29.0. The lowest BCUT2D eigenvalue weighted by molar-refractivity contribution is 0.408. The minimum Gasteiger partial charge on any atom is -0.371 e. The highest BCUT2D eigenvalue weighted by atomic mass is 32.2. The van der Waals surface area contributed by atoms with Gasteiger partial charge in [0.2, 0.25) is 0 Å². The van der Waals surface area contributed by atoms with E-state index < -0.39 is 10.0 Å². The summed E-state index contributed by atoms with van der Waals surface area (Å²) in [4.78, 5) is 5.01. The maximum atomic E-state index is 12.9. The third-order valence-corrected chi connectivity index (χ3v) is 5.67. The quantitative estimate of drug-likeness (QED) is 0.851. The van der Waals surface area contributed by atoms with Crippen LogP contribution in [0.3, 0.4) is 0 Å². The molecule has 0 amide bonds. The largest absolute Gasteiger partial charge is 0.371 e. The van der Waals surface area contributed by atoms with Crippen molar-refractivity contribution in [2.75, 3.05) is 25.5 Å². The molecular formula is C12H20N4O2S2. The Balaban J connectivity index is 2.56. The molecular weight excluding hydrogens is 296 g/mol. The van der Waals surface area contributed by atoms with Crippen LogP contribution in [0, 0.1) is 0 Å². The van der Waals surface area contributed by atoms with Gasteiger partial charge >= 0.3 is 0 Å². The van der Waals surface area contributed by atoms with Crippen molar-refractivity contribution >= 4 is 32.1 Å². The topological polar surface area (TPSA) is 66.7 Å². The number of thiazole rings is 1. The summed E-state index contributed by atoms with van der Waals surface area (Å²) in [6, 6.07) is 0. The van der Waals surface area contributed by atoms with E-state index in [1.54, 1.807) is 17.6 Å². The molecule has 0 aliphatic rings. The number of sulfonamides is 1. The molecule has 112 valence electrons. The second kappa shape index (κ2) is 6.11. The maximum absolute atomic E-state index is 12.9. The molecule has 2 heterocycles. The van der Waals surface area contributed by atoms with Gasteiger partial charge in [-0.2, -0.15) is 4.31 Å². The second-order valence-corrected chi connectivity index (χ2v) is 7.20. The summed E-state index contributed by atoms with van der Waals surface area (Å²) in [5.41, 5.74) is 0. The van der Waals surface area contributed by atoms with E-state index >= 15 is 0 Å². The van der Waals surface area contributed by atoms with Gasteiger partial charge in [0.05, 0.1) is 0 Å². The van der Waals surface area contributed by atoms with E-state index in [-0.39, 0.29) is 5.03 Å². The molecule has 8 heteroatoms. The summed E-state index contributed by atoms with van der Waals surface area (Å²) in [7, 11) is -1.85. The van der Waals surface area contributed by atoms with Gasteiger partial charge in [-0.3, -0.25) is 4.40 Å². The first-order valence-electron chi connectivity index (χ1n) is 6.69. The monoisotopic (exact) mass is 316 g/mol. The van der Waals surface area contributed by atoms with Gasteiger partial charge in [-0.05, 0) is 12.8 Å². The molecule has 0 unspecified atom stereocenters. The van der Waals surface area contributed by atoms with Crippen molar-refractivity contribution in [3.8, 4) is 0 Å². The van der Waals surface area contributed by atoms with Crippen LogP contribution in [0.15, 0.2) is 16.6 Å². The zero-order valence-electron chi connectivity index (χ0n) is 12.0. The third kappa shape index (κ3) is 2.55. The van der Waals surface area contributed by atoms with Gasteiger partial charge < -0.3 is 5.32 Å². The van der Waals surface area contributed by atoms with Crippen LogP contribution in [0.4, 0.5) is 5.82 Å². The number of hydrogen-bond donors (Lipinski definition) is 1. The van der Waals surface area contributed by atoms with Crippen molar-refractivity contribution in [1.29, 1.82) is 0 Å². The standard InChI is InChI=1S/C12H20N4O2S2/c1-4-6-15(7-5-2)20(17,18)11-10(13-3)14-12-16(11)8-9-19-12/h8-9,13H,4-7H2,1-3H3. The second-order valence-electron chi connectivity index (χ2n) is 4.48. The first-order chi connectivity index (χ1) is 9.56. The first kappa shape index (κ1) is 15.3. The summed E-state index contributed by atoms with van der Waals surface area (Å²) in [5, 5.41) is 4.96. The number of nitrogens with one attached hydrogen (secondary N) is 1. The van der Waals surface area contributed by atoms with E-state index in [0.717, 1.165) is 12.8 Å². The van der Waals surface area contributed by atoms with E-state index in [4.69, 9.17) is 0 Å². The van der Waals surface area contributed by atoms with Crippen molar-refractivity contribution in [2.45, 2.75) is 31.7 Å². The van der Waals surface area contributed by atoms with Crippen LogP contribution in [-0.4, -0.2) is 42.2 Å². The lowest BCUT2D eigenvalue weighted by atomic mass is 10.4. The lowest BCUT2D eigenvalue weighted by Gasteiger charge is -2.20. The molecule has 0 saturated heterocycles. The highest BCUT2D eigenvalue weighted by molar-refractivity contribution is 7.89. The zero-order chi connectivity index (χ0) is 14.8. The number of anilines is 1. The van der Waals surface area contributed by atoms with E-state index in [1.165, 1.54) is 15.6 Å². The average molecular weight is 316 g/mol. The number of hydrogen-bond acceptors (Lipinski definition) is 5. The number of imidazole rings is 1. The Hall–Kier alpha value is -1.12. The molecule has 0 fully saturated rings. The van der Waals surface area contributed by atoms with Crippen LogP contribution in [0.5, 0.6) is 0 Å². The molecule has 2 aromatic heterocycles. The van der Waals surface area contributed by atoms with Gasteiger partial charge in [-0.1, -0.05) is 13.8 Å². The Labute approximate surface area is 123 Å². The molecule has 2 rings (SSSR count). The Bertz CT molecular complexity index is 669. The van der Waals surface area contributed by atoms with Crippen molar-refractivity contribution in [3.05, 3.63) is 11.6 Å². The van der Waals surface area contributed by atoms with Gasteiger partial charge in [0.15, 0.2) is 15.8 Å². The van der Waals surface area contributed by atoms with Crippen LogP contribution >= 0.6 is 11.3 Å². The summed E-state index contributed by atoms with van der Waals surface area (Å²) >= 11 is 1.42. The molecule has 0 saturated carbocycles. The molecule has 0 atom stereocenters. The number of nitrogens with zero attached hydrogens (tertiary/aromatic N) is 3. The Morgan fingerprint density at radius 1 is 1.35 bits per heavy atom. The van der Waals surface area contributed by atoms with Crippen LogP contribution in [0.1, 0.15) is 26.7 Å². The normalized spacial score (nSPS) is 12.4. The van der Waals surface area contributed by atoms with E-state index in [1.807, 2.05) is 19.2 Å². The van der Waals surface area contributed by atoms with Crippen molar-refractivity contribution < 1.29 is 8.42 Å². The molecule has 1 N–H and O–H groups in total. The van der Waals surface area contributed by atoms with Crippen LogP contribution in [-0.2, 0) is 10.0 Å². The number of rotatable bonds is 7. The van der Waals surface area contributed by atoms with E-state index in [2.05, 4.69) is 10.3 Å². The molecule has 2 aromatic rings. The van der Waals surface area contributed by atoms with Crippen molar-refractivity contribution in [2.24, 2.45) is 0 Å². The first-order valence-corrected chi connectivity index (χ1v) is 9.01. The fourth-order valence-corrected chi connectivity index (χ4v) is 4.80. The Morgan fingerprint density at radius 3 is 2.55 bits per heavy atom. The highest BCUT2D eigenvalue weighted by Gasteiger charge is 2.30. The fourth-order valence-electron chi connectivity index (χ4n) is 2.15. The number of fused-ring (bicyclic) bond motifs is 1. The zero-order valence-corrected chi connectivity index (χ0v) is 13.6. The predicted octanol–water partition coefficient (Wildman–Crippen LogP) is 2.25. The van der Waals surface area contributed by atoms with Crippen molar-refractivity contribution in [1.82, 2.24) is 13.7 Å². The molecule has 0 bridgehead atoms. The average Bonchev–Trinajstić information content (AvgIpc) is 2.97. The minimum absolute atomic E-state index is 0.234. The van der Waals surface area contributed by atoms with Gasteiger partial charge in [0, 0.05) is 31.7 Å². The molecule has 0 aliphatic heterocycles. The maximum Gasteiger partial charge on any atom is 0.262 e. The molecule has 0 spiro atoms. The van der Waals surface area contributed by atoms with Gasteiger partial charge in [-0.25, -0.2) is 13.4 Å². The number of aromatic nitrogens is 2. The van der Waals surface area contributed by atoms with Crippen LogP contribution < -0.4 is 5.32 Å². The van der Waals surface area contributed by atoms with Crippen LogP contribution in [0.25, 0.3) is 4.96 Å². The third-order valence-electron chi connectivity index (χ3n) is 2.99. The smallest absolute Gasteiger partial charge is 0.262 e. The van der Waals surface area contributed by atoms with Gasteiger partial charge in [0.25, 0.3) is 10.0 Å². The van der Waals surface area contributed by atoms with Gasteiger partial charge in [0.1, 0.15) is 0 Å². The molecule has 0 radical (unpaired) electrons.